The van der Waals surface area contributed by atoms with Gasteiger partial charge >= 0.3 is 5.97 Å². The summed E-state index contributed by atoms with van der Waals surface area (Å²) in [7, 11) is 1.90. The molecule has 0 aliphatic heterocycles. The van der Waals surface area contributed by atoms with Crippen LogP contribution in [0.3, 0.4) is 0 Å². The van der Waals surface area contributed by atoms with Crippen LogP contribution in [-0.2, 0) is 22.5 Å². The first-order valence-electron chi connectivity index (χ1n) is 10.6. The van der Waals surface area contributed by atoms with E-state index in [0.717, 1.165) is 29.1 Å². The largest absolute Gasteiger partial charge is 0.462 e. The molecule has 0 saturated carbocycles. The van der Waals surface area contributed by atoms with E-state index in [1.165, 1.54) is 15.7 Å². The lowest BCUT2D eigenvalue weighted by Gasteiger charge is -2.06. The van der Waals surface area contributed by atoms with Crippen LogP contribution in [0.15, 0.2) is 53.3 Å². The van der Waals surface area contributed by atoms with Crippen LogP contribution in [0.2, 0.25) is 0 Å². The van der Waals surface area contributed by atoms with E-state index in [0.29, 0.717) is 15.7 Å². The van der Waals surface area contributed by atoms with E-state index in [1.54, 1.807) is 20.0 Å². The van der Waals surface area contributed by atoms with Gasteiger partial charge in [0.15, 0.2) is 5.57 Å². The molecule has 1 aromatic heterocycles. The molecule has 0 aliphatic rings. The molecule has 0 spiro atoms. The molecule has 33 heavy (non-hydrogen) atoms. The Balaban J connectivity index is 1.83. The highest BCUT2D eigenvalue weighted by atomic mass is 32.1. The Morgan fingerprint density at radius 1 is 1.09 bits per heavy atom. The summed E-state index contributed by atoms with van der Waals surface area (Å²) in [6.07, 6.45) is 2.43. The molecule has 0 saturated heterocycles. The Morgan fingerprint density at radius 3 is 2.21 bits per heavy atom. The predicted octanol–water partition coefficient (Wildman–Crippen LogP) is 2.65. The average molecular weight is 463 g/mol. The minimum Gasteiger partial charge on any atom is -0.462 e. The van der Waals surface area contributed by atoms with E-state index in [1.807, 2.05) is 37.4 Å². The number of nitrogens with one attached hydrogen (secondary N) is 2. The molecule has 0 unspecified atom stereocenters. The minimum absolute atomic E-state index is 0.156. The van der Waals surface area contributed by atoms with Crippen molar-refractivity contribution in [3.63, 3.8) is 0 Å². The van der Waals surface area contributed by atoms with E-state index >= 15 is 0 Å². The summed E-state index contributed by atoms with van der Waals surface area (Å²) in [6.45, 7) is 3.96. The maximum absolute atomic E-state index is 12.8. The van der Waals surface area contributed by atoms with Crippen LogP contribution >= 0.6 is 11.3 Å². The molecule has 0 radical (unpaired) electrons. The smallest absolute Gasteiger partial charge is 0.351 e. The molecule has 1 heterocycles. The lowest BCUT2D eigenvalue weighted by Crippen LogP contribution is -2.32. The minimum atomic E-state index is -0.723. The third-order valence-electron chi connectivity index (χ3n) is 5.00. The highest BCUT2D eigenvalue weighted by Gasteiger charge is 2.16. The van der Waals surface area contributed by atoms with Crippen LogP contribution in [0, 0.1) is 11.3 Å². The molecule has 3 aromatic rings. The lowest BCUT2D eigenvalue weighted by molar-refractivity contribution is -0.136. The molecule has 0 atom stereocenters. The van der Waals surface area contributed by atoms with Crippen LogP contribution in [0.5, 0.6) is 0 Å². The summed E-state index contributed by atoms with van der Waals surface area (Å²) in [6, 6.07) is 18.2. The summed E-state index contributed by atoms with van der Waals surface area (Å²) >= 11 is 1.09. The van der Waals surface area contributed by atoms with Gasteiger partial charge in [-0.1, -0.05) is 24.3 Å². The second-order valence-corrected chi connectivity index (χ2v) is 8.17. The number of nitrogens with zero attached hydrogens (tertiary/aromatic N) is 2. The standard InChI is InChI=1S/C25H26N4O3S/c1-4-29-23(30)22(33-24(29)21(15-26)25(31)32-5-2)16-28-20-12-8-18(9-13-20)14-17-6-10-19(27-3)11-7-17/h6-13,16,27-28H,4-5,14H2,1-3H3/b22-16-,24-21-. The molecule has 2 N–H and O–H groups in total. The first-order chi connectivity index (χ1) is 16.0. The van der Waals surface area contributed by atoms with E-state index in [-0.39, 0.29) is 17.7 Å². The van der Waals surface area contributed by atoms with Gasteiger partial charge in [0.1, 0.15) is 15.3 Å². The molecule has 7 nitrogen and oxygen atoms in total. The molecule has 3 rings (SSSR count). The Kier molecular flexibility index (Phi) is 8.06. The van der Waals surface area contributed by atoms with Crippen LogP contribution in [0.1, 0.15) is 25.0 Å². The van der Waals surface area contributed by atoms with Gasteiger partial charge in [0, 0.05) is 31.2 Å². The predicted molar refractivity (Wildman–Crippen MR) is 132 cm³/mol. The number of benzene rings is 2. The van der Waals surface area contributed by atoms with Crippen LogP contribution in [0.4, 0.5) is 11.4 Å². The van der Waals surface area contributed by atoms with Crippen molar-refractivity contribution in [2.75, 3.05) is 24.3 Å². The third-order valence-corrected chi connectivity index (χ3v) is 6.13. The number of esters is 1. The Bertz CT molecular complexity index is 1330. The Morgan fingerprint density at radius 2 is 1.70 bits per heavy atom. The van der Waals surface area contributed by atoms with Gasteiger partial charge in [0.05, 0.1) is 6.61 Å². The second-order valence-electron chi connectivity index (χ2n) is 7.14. The lowest BCUT2D eigenvalue weighted by atomic mass is 10.0. The van der Waals surface area contributed by atoms with Gasteiger partial charge in [-0.15, -0.1) is 11.3 Å². The van der Waals surface area contributed by atoms with Gasteiger partial charge < -0.3 is 15.4 Å². The number of hydrogen-bond donors (Lipinski definition) is 2. The van der Waals surface area contributed by atoms with Gasteiger partial charge in [0.2, 0.25) is 0 Å². The van der Waals surface area contributed by atoms with E-state index < -0.39 is 5.97 Å². The topological polar surface area (TPSA) is 96.2 Å². The maximum Gasteiger partial charge on any atom is 0.351 e. The molecule has 0 fully saturated rings. The van der Waals surface area contributed by atoms with Crippen molar-refractivity contribution >= 4 is 40.5 Å². The van der Waals surface area contributed by atoms with Gasteiger partial charge in [-0.3, -0.25) is 9.36 Å². The number of nitriles is 1. The fourth-order valence-electron chi connectivity index (χ4n) is 3.27. The van der Waals surface area contributed by atoms with Crippen molar-refractivity contribution in [1.82, 2.24) is 4.57 Å². The molecule has 0 aliphatic carbocycles. The van der Waals surface area contributed by atoms with Gasteiger partial charge in [0.25, 0.3) is 5.56 Å². The monoisotopic (exact) mass is 462 g/mol. The van der Waals surface area contributed by atoms with Crippen molar-refractivity contribution in [3.05, 3.63) is 79.2 Å². The first-order valence-corrected chi connectivity index (χ1v) is 11.5. The van der Waals surface area contributed by atoms with E-state index in [4.69, 9.17) is 4.74 Å². The number of ether oxygens (including phenoxy) is 1. The van der Waals surface area contributed by atoms with Crippen molar-refractivity contribution in [2.45, 2.75) is 26.8 Å². The van der Waals surface area contributed by atoms with Crippen molar-refractivity contribution in [2.24, 2.45) is 0 Å². The molecule has 0 bridgehead atoms. The van der Waals surface area contributed by atoms with Crippen molar-refractivity contribution in [1.29, 1.82) is 5.26 Å². The fraction of sp³-hybridized carbons (Fsp3) is 0.240. The van der Waals surface area contributed by atoms with Crippen molar-refractivity contribution < 1.29 is 9.53 Å². The number of anilines is 2. The average Bonchev–Trinajstić information content (AvgIpc) is 3.14. The molecule has 2 aromatic carbocycles. The zero-order valence-corrected chi connectivity index (χ0v) is 19.7. The fourth-order valence-corrected chi connectivity index (χ4v) is 4.35. The number of carbonyl (C=O) groups excluding carboxylic acids is 1. The summed E-state index contributed by atoms with van der Waals surface area (Å²) in [4.78, 5) is 24.9. The third kappa shape index (κ3) is 5.70. The zero-order valence-electron chi connectivity index (χ0n) is 18.8. The molecular weight excluding hydrogens is 436 g/mol. The summed E-state index contributed by atoms with van der Waals surface area (Å²) in [5.41, 5.74) is 3.88. The van der Waals surface area contributed by atoms with Crippen LogP contribution < -0.4 is 25.4 Å². The number of hydrogen-bond acceptors (Lipinski definition) is 7. The maximum atomic E-state index is 12.8. The quantitative estimate of drug-likeness (QED) is 0.500. The normalized spacial score (nSPS) is 12.1. The first kappa shape index (κ1) is 23.8. The molecule has 170 valence electrons. The molecular formula is C25H26N4O3S. The Labute approximate surface area is 196 Å². The number of rotatable bonds is 8. The highest BCUT2D eigenvalue weighted by molar-refractivity contribution is 7.07. The number of thiazole rings is 1. The number of carbonyl (C=O) groups is 1. The second kappa shape index (κ2) is 11.2. The van der Waals surface area contributed by atoms with Crippen molar-refractivity contribution in [3.8, 4) is 6.07 Å². The molecule has 0 amide bonds. The van der Waals surface area contributed by atoms with Gasteiger partial charge in [-0.05, 0) is 55.7 Å². The Hall–Kier alpha value is -3.83. The van der Waals surface area contributed by atoms with Crippen LogP contribution in [0.25, 0.3) is 11.8 Å². The molecule has 8 heteroatoms. The van der Waals surface area contributed by atoms with E-state index in [2.05, 4.69) is 34.9 Å². The summed E-state index contributed by atoms with van der Waals surface area (Å²) in [5, 5.41) is 15.7. The summed E-state index contributed by atoms with van der Waals surface area (Å²) in [5.74, 6) is -0.723. The SMILES string of the molecule is CCOC(=O)/C(C#N)=c1\s/c(=C\Nc2ccc(Cc3ccc(NC)cc3)cc2)c(=O)n1CC. The van der Waals surface area contributed by atoms with E-state index in [9.17, 15) is 14.9 Å². The van der Waals surface area contributed by atoms with Gasteiger partial charge in [-0.25, -0.2) is 4.79 Å². The number of aromatic nitrogens is 1. The van der Waals surface area contributed by atoms with Crippen LogP contribution in [-0.4, -0.2) is 24.2 Å². The highest BCUT2D eigenvalue weighted by Crippen LogP contribution is 2.15. The van der Waals surface area contributed by atoms with Gasteiger partial charge in [-0.2, -0.15) is 5.26 Å². The zero-order chi connectivity index (χ0) is 23.8. The summed E-state index contributed by atoms with van der Waals surface area (Å²) < 4.78 is 7.07.